The van der Waals surface area contributed by atoms with Crippen LogP contribution < -0.4 is 0 Å². The Balaban J connectivity index is 1.67. The van der Waals surface area contributed by atoms with Gasteiger partial charge >= 0.3 is 0 Å². The molecule has 5 heteroatoms. The molecule has 0 radical (unpaired) electrons. The number of piperidine rings is 1. The molecule has 0 amide bonds. The molecule has 2 aromatic rings. The number of rotatable bonds is 3. The average molecular weight is 313 g/mol. The maximum atomic E-state index is 4.96. The van der Waals surface area contributed by atoms with Gasteiger partial charge in [-0.05, 0) is 64.5 Å². The van der Waals surface area contributed by atoms with E-state index in [-0.39, 0.29) is 0 Å². The first-order chi connectivity index (χ1) is 11.2. The van der Waals surface area contributed by atoms with Crippen LogP contribution in [-0.2, 0) is 6.42 Å². The fourth-order valence-corrected chi connectivity index (χ4v) is 4.32. The number of likely N-dealkylation sites (N-methyl/N-ethyl adjacent to an activating group) is 1. The van der Waals surface area contributed by atoms with Gasteiger partial charge in [-0.3, -0.25) is 0 Å². The second-order valence-electron chi connectivity index (χ2n) is 7.42. The van der Waals surface area contributed by atoms with Gasteiger partial charge in [-0.25, -0.2) is 9.97 Å². The van der Waals surface area contributed by atoms with Gasteiger partial charge in [0.05, 0.1) is 6.04 Å². The summed E-state index contributed by atoms with van der Waals surface area (Å²) in [5, 5.41) is 0. The van der Waals surface area contributed by atoms with Crippen molar-refractivity contribution in [2.75, 3.05) is 40.3 Å². The molecule has 2 aromatic heterocycles. The number of imidazole rings is 1. The topological polar surface area (TPSA) is 37.2 Å². The third-order valence-corrected chi connectivity index (χ3v) is 5.45. The molecule has 5 nitrogen and oxygen atoms in total. The molecule has 2 aliphatic rings. The van der Waals surface area contributed by atoms with Gasteiger partial charge in [-0.2, -0.15) is 0 Å². The Morgan fingerprint density at radius 1 is 1.13 bits per heavy atom. The number of hydrogen-bond acceptors (Lipinski definition) is 4. The Labute approximate surface area is 138 Å². The fourth-order valence-electron chi connectivity index (χ4n) is 4.32. The molecule has 0 bridgehead atoms. The Morgan fingerprint density at radius 2 is 2.00 bits per heavy atom. The molecular formula is C18H27N5. The summed E-state index contributed by atoms with van der Waals surface area (Å²) in [6.45, 7) is 4.71. The fraction of sp³-hybridized carbons (Fsp3) is 0.667. The second kappa shape index (κ2) is 6.21. The zero-order valence-corrected chi connectivity index (χ0v) is 14.3. The summed E-state index contributed by atoms with van der Waals surface area (Å²) in [5.41, 5.74) is 2.13. The molecule has 2 fully saturated rings. The summed E-state index contributed by atoms with van der Waals surface area (Å²) in [5.74, 6) is 1.97. The van der Waals surface area contributed by atoms with Gasteiger partial charge in [0, 0.05) is 25.7 Å². The number of nitrogens with zero attached hydrogens (tertiary/aromatic N) is 5. The highest BCUT2D eigenvalue weighted by molar-refractivity contribution is 5.71. The van der Waals surface area contributed by atoms with Crippen molar-refractivity contribution < 1.29 is 0 Å². The zero-order chi connectivity index (χ0) is 15.8. The maximum absolute atomic E-state index is 4.96. The summed E-state index contributed by atoms with van der Waals surface area (Å²) in [6.07, 6.45) is 6.83. The molecular weight excluding hydrogens is 286 g/mol. The van der Waals surface area contributed by atoms with Crippen molar-refractivity contribution in [1.82, 2.24) is 24.3 Å². The smallest absolute Gasteiger partial charge is 0.160 e. The second-order valence-corrected chi connectivity index (χ2v) is 7.42. The molecule has 2 unspecified atom stereocenters. The minimum atomic E-state index is 0.524. The Kier molecular flexibility index (Phi) is 4.07. The van der Waals surface area contributed by atoms with Crippen molar-refractivity contribution >= 4 is 11.2 Å². The van der Waals surface area contributed by atoms with Gasteiger partial charge < -0.3 is 14.4 Å². The Morgan fingerprint density at radius 3 is 2.78 bits per heavy atom. The van der Waals surface area contributed by atoms with Gasteiger partial charge in [0.15, 0.2) is 5.65 Å². The van der Waals surface area contributed by atoms with E-state index < -0.39 is 0 Å². The average Bonchev–Trinajstić information content (AvgIpc) is 3.10. The van der Waals surface area contributed by atoms with Crippen LogP contribution in [0.25, 0.3) is 11.2 Å². The molecule has 0 saturated carbocycles. The molecule has 0 spiro atoms. The van der Waals surface area contributed by atoms with Crippen LogP contribution in [0.3, 0.4) is 0 Å². The number of pyridine rings is 1. The minimum absolute atomic E-state index is 0.524. The molecule has 4 rings (SSSR count). The van der Waals surface area contributed by atoms with E-state index in [0.29, 0.717) is 6.04 Å². The molecule has 124 valence electrons. The Hall–Kier alpha value is -1.46. The number of hydrogen-bond donors (Lipinski definition) is 0. The molecule has 2 atom stereocenters. The first-order valence-corrected chi connectivity index (χ1v) is 8.89. The van der Waals surface area contributed by atoms with E-state index >= 15 is 0 Å². The summed E-state index contributed by atoms with van der Waals surface area (Å²) < 4.78 is 2.45. The lowest BCUT2D eigenvalue weighted by atomic mass is 9.95. The standard InChI is InChI=1S/C18H27N5/c1-21-9-4-5-14(12-21)11-17-20-16-6-3-8-19-18(16)23(17)15-7-10-22(2)13-15/h3,6,8,14-15H,4-5,7,9-13H2,1-2H3. The highest BCUT2D eigenvalue weighted by atomic mass is 15.2. The van der Waals surface area contributed by atoms with Crippen LogP contribution in [0.4, 0.5) is 0 Å². The Bertz CT molecular complexity index is 679. The lowest BCUT2D eigenvalue weighted by molar-refractivity contribution is 0.206. The largest absolute Gasteiger partial charge is 0.308 e. The van der Waals surface area contributed by atoms with Crippen LogP contribution in [0.15, 0.2) is 18.3 Å². The summed E-state index contributed by atoms with van der Waals surface area (Å²) in [7, 11) is 4.45. The SMILES string of the molecule is CN1CCCC(Cc2nc3cccnc3n2C2CCN(C)C2)C1. The lowest BCUT2D eigenvalue weighted by Crippen LogP contribution is -2.33. The van der Waals surface area contributed by atoms with E-state index in [1.165, 1.54) is 44.7 Å². The third-order valence-electron chi connectivity index (χ3n) is 5.45. The summed E-state index contributed by atoms with van der Waals surface area (Å²) in [6, 6.07) is 4.63. The molecule has 2 aliphatic heterocycles. The van der Waals surface area contributed by atoms with Crippen molar-refractivity contribution in [3.63, 3.8) is 0 Å². The van der Waals surface area contributed by atoms with Crippen molar-refractivity contribution in [3.05, 3.63) is 24.2 Å². The maximum Gasteiger partial charge on any atom is 0.160 e. The van der Waals surface area contributed by atoms with E-state index in [2.05, 4.69) is 39.5 Å². The van der Waals surface area contributed by atoms with Crippen LogP contribution >= 0.6 is 0 Å². The van der Waals surface area contributed by atoms with Crippen LogP contribution in [0, 0.1) is 5.92 Å². The first-order valence-electron chi connectivity index (χ1n) is 8.89. The van der Waals surface area contributed by atoms with Gasteiger partial charge in [0.1, 0.15) is 11.3 Å². The molecule has 2 saturated heterocycles. The van der Waals surface area contributed by atoms with Gasteiger partial charge in [-0.1, -0.05) is 0 Å². The molecule has 4 heterocycles. The predicted molar refractivity (Wildman–Crippen MR) is 92.6 cm³/mol. The highest BCUT2D eigenvalue weighted by Gasteiger charge is 2.27. The number of fused-ring (bicyclic) bond motifs is 1. The van der Waals surface area contributed by atoms with E-state index in [9.17, 15) is 0 Å². The van der Waals surface area contributed by atoms with Crippen LogP contribution in [0.2, 0.25) is 0 Å². The van der Waals surface area contributed by atoms with Crippen molar-refractivity contribution in [3.8, 4) is 0 Å². The lowest BCUT2D eigenvalue weighted by Gasteiger charge is -2.30. The van der Waals surface area contributed by atoms with E-state index in [4.69, 9.17) is 4.98 Å². The van der Waals surface area contributed by atoms with Gasteiger partial charge in [0.2, 0.25) is 0 Å². The first kappa shape index (κ1) is 15.1. The predicted octanol–water partition coefficient (Wildman–Crippen LogP) is 2.19. The van der Waals surface area contributed by atoms with E-state index in [0.717, 1.165) is 30.0 Å². The third kappa shape index (κ3) is 3.00. The van der Waals surface area contributed by atoms with Crippen molar-refractivity contribution in [1.29, 1.82) is 0 Å². The summed E-state index contributed by atoms with van der Waals surface area (Å²) >= 11 is 0. The van der Waals surface area contributed by atoms with Gasteiger partial charge in [0.25, 0.3) is 0 Å². The summed E-state index contributed by atoms with van der Waals surface area (Å²) in [4.78, 5) is 14.5. The van der Waals surface area contributed by atoms with Crippen molar-refractivity contribution in [2.24, 2.45) is 5.92 Å². The monoisotopic (exact) mass is 313 g/mol. The van der Waals surface area contributed by atoms with Crippen LogP contribution in [-0.4, -0.2) is 64.6 Å². The highest BCUT2D eigenvalue weighted by Crippen LogP contribution is 2.29. The molecule has 0 aliphatic carbocycles. The molecule has 0 N–H and O–H groups in total. The van der Waals surface area contributed by atoms with Gasteiger partial charge in [-0.15, -0.1) is 0 Å². The van der Waals surface area contributed by atoms with E-state index in [1.807, 2.05) is 12.3 Å². The molecule has 0 aromatic carbocycles. The van der Waals surface area contributed by atoms with Crippen molar-refractivity contribution in [2.45, 2.75) is 31.7 Å². The quantitative estimate of drug-likeness (QED) is 0.870. The normalized spacial score (nSPS) is 27.0. The molecule has 23 heavy (non-hydrogen) atoms. The zero-order valence-electron chi connectivity index (χ0n) is 14.3. The number of aromatic nitrogens is 3. The van der Waals surface area contributed by atoms with E-state index in [1.54, 1.807) is 0 Å². The minimum Gasteiger partial charge on any atom is -0.308 e. The van der Waals surface area contributed by atoms with Crippen LogP contribution in [0.1, 0.15) is 31.1 Å². The number of likely N-dealkylation sites (tertiary alicyclic amines) is 2. The van der Waals surface area contributed by atoms with Crippen LogP contribution in [0.5, 0.6) is 0 Å².